The van der Waals surface area contributed by atoms with Crippen LogP contribution in [0.3, 0.4) is 0 Å². The van der Waals surface area contributed by atoms with Crippen LogP contribution >= 0.6 is 11.6 Å². The second-order valence-corrected chi connectivity index (χ2v) is 3.55. The molecule has 0 radical (unpaired) electrons. The van der Waals surface area contributed by atoms with Crippen LogP contribution in [0.25, 0.3) is 0 Å². The third-order valence-corrected chi connectivity index (χ3v) is 2.07. The number of hydrogen-bond donors (Lipinski definition) is 1. The van der Waals surface area contributed by atoms with Gasteiger partial charge in [-0.25, -0.2) is 0 Å². The van der Waals surface area contributed by atoms with E-state index in [1.54, 1.807) is 31.2 Å². The fourth-order valence-corrected chi connectivity index (χ4v) is 1.34. The molecule has 0 bridgehead atoms. The lowest BCUT2D eigenvalue weighted by Gasteiger charge is -2.00. The number of anilines is 1. The highest BCUT2D eigenvalue weighted by molar-refractivity contribution is 6.31. The van der Waals surface area contributed by atoms with E-state index < -0.39 is 0 Å². The molecular formula is C10H8ClN3O2. The predicted octanol–water partition coefficient (Wildman–Crippen LogP) is 2.28. The summed E-state index contributed by atoms with van der Waals surface area (Å²) in [5.41, 5.74) is 0.434. The van der Waals surface area contributed by atoms with Crippen molar-refractivity contribution in [2.24, 2.45) is 0 Å². The van der Waals surface area contributed by atoms with E-state index in [2.05, 4.69) is 15.5 Å². The Morgan fingerprint density at radius 1 is 1.50 bits per heavy atom. The molecule has 0 atom stereocenters. The van der Waals surface area contributed by atoms with Crippen molar-refractivity contribution in [1.29, 1.82) is 0 Å². The van der Waals surface area contributed by atoms with Gasteiger partial charge in [0.15, 0.2) is 5.82 Å². The van der Waals surface area contributed by atoms with Crippen LogP contribution in [-0.2, 0) is 0 Å². The van der Waals surface area contributed by atoms with Crippen LogP contribution < -0.4 is 5.32 Å². The topological polar surface area (TPSA) is 68.0 Å². The average Bonchev–Trinajstić information content (AvgIpc) is 2.64. The van der Waals surface area contributed by atoms with Gasteiger partial charge in [-0.2, -0.15) is 4.98 Å². The standard InChI is InChI=1S/C10H8ClN3O2/c1-6-12-10(16-14-6)13-9(15)7-3-2-4-8(11)5-7/h2-5H,1H3,(H,12,13,14,15). The molecule has 5 nitrogen and oxygen atoms in total. The molecule has 1 heterocycles. The quantitative estimate of drug-likeness (QED) is 0.870. The summed E-state index contributed by atoms with van der Waals surface area (Å²) in [5.74, 6) is 0.118. The van der Waals surface area contributed by atoms with Crippen LogP contribution in [0.5, 0.6) is 0 Å². The minimum atomic E-state index is -0.342. The maximum Gasteiger partial charge on any atom is 0.328 e. The number of amides is 1. The first kappa shape index (κ1) is 10.6. The summed E-state index contributed by atoms with van der Waals surface area (Å²) in [4.78, 5) is 15.5. The lowest BCUT2D eigenvalue weighted by atomic mass is 10.2. The monoisotopic (exact) mass is 237 g/mol. The molecular weight excluding hydrogens is 230 g/mol. The Kier molecular flexibility index (Phi) is 2.87. The average molecular weight is 238 g/mol. The van der Waals surface area contributed by atoms with Gasteiger partial charge in [0.05, 0.1) is 0 Å². The zero-order chi connectivity index (χ0) is 11.5. The molecule has 0 fully saturated rings. The summed E-state index contributed by atoms with van der Waals surface area (Å²) < 4.78 is 4.76. The van der Waals surface area contributed by atoms with E-state index in [1.807, 2.05) is 0 Å². The lowest BCUT2D eigenvalue weighted by Crippen LogP contribution is -2.11. The number of hydrogen-bond acceptors (Lipinski definition) is 4. The minimum Gasteiger partial charge on any atom is -0.315 e. The Balaban J connectivity index is 2.14. The molecule has 0 saturated heterocycles. The van der Waals surface area contributed by atoms with Crippen LogP contribution in [0.2, 0.25) is 5.02 Å². The number of nitrogens with zero attached hydrogens (tertiary/aromatic N) is 2. The van der Waals surface area contributed by atoms with Gasteiger partial charge in [-0.3, -0.25) is 10.1 Å². The van der Waals surface area contributed by atoms with E-state index in [-0.39, 0.29) is 11.9 Å². The SMILES string of the molecule is Cc1noc(NC(=O)c2cccc(Cl)c2)n1. The van der Waals surface area contributed by atoms with Crippen molar-refractivity contribution in [1.82, 2.24) is 10.1 Å². The first-order valence-corrected chi connectivity index (χ1v) is 4.90. The number of carbonyl (C=O) groups is 1. The zero-order valence-corrected chi connectivity index (χ0v) is 9.15. The number of halogens is 1. The van der Waals surface area contributed by atoms with Gasteiger partial charge in [0.25, 0.3) is 5.91 Å². The van der Waals surface area contributed by atoms with Gasteiger partial charge in [-0.1, -0.05) is 22.8 Å². The van der Waals surface area contributed by atoms with E-state index in [0.29, 0.717) is 16.4 Å². The number of rotatable bonds is 2. The van der Waals surface area contributed by atoms with Gasteiger partial charge >= 0.3 is 6.01 Å². The van der Waals surface area contributed by atoms with Gasteiger partial charge in [-0.15, -0.1) is 0 Å². The van der Waals surface area contributed by atoms with Crippen molar-refractivity contribution in [2.45, 2.75) is 6.92 Å². The fraction of sp³-hybridized carbons (Fsp3) is 0.100. The first-order chi connectivity index (χ1) is 7.65. The van der Waals surface area contributed by atoms with Gasteiger partial charge in [0, 0.05) is 10.6 Å². The summed E-state index contributed by atoms with van der Waals surface area (Å²) in [6.45, 7) is 1.67. The molecule has 0 aliphatic carbocycles. The second kappa shape index (κ2) is 4.32. The summed E-state index contributed by atoms with van der Waals surface area (Å²) in [6.07, 6.45) is 0. The number of benzene rings is 1. The molecule has 16 heavy (non-hydrogen) atoms. The third kappa shape index (κ3) is 2.38. The van der Waals surface area contributed by atoms with Gasteiger partial charge in [-0.05, 0) is 25.1 Å². The van der Waals surface area contributed by atoms with E-state index in [4.69, 9.17) is 16.1 Å². The van der Waals surface area contributed by atoms with Crippen molar-refractivity contribution in [3.8, 4) is 0 Å². The Morgan fingerprint density at radius 3 is 2.94 bits per heavy atom. The highest BCUT2D eigenvalue weighted by Gasteiger charge is 2.10. The maximum absolute atomic E-state index is 11.7. The van der Waals surface area contributed by atoms with Gasteiger partial charge in [0.2, 0.25) is 0 Å². The zero-order valence-electron chi connectivity index (χ0n) is 8.40. The predicted molar refractivity (Wildman–Crippen MR) is 58.4 cm³/mol. The Hall–Kier alpha value is -1.88. The number of carbonyl (C=O) groups excluding carboxylic acids is 1. The summed E-state index contributed by atoms with van der Waals surface area (Å²) in [5, 5.41) is 6.52. The van der Waals surface area contributed by atoms with Crippen LogP contribution in [-0.4, -0.2) is 16.0 Å². The number of aromatic nitrogens is 2. The van der Waals surface area contributed by atoms with Crippen LogP contribution in [0.4, 0.5) is 6.01 Å². The normalized spacial score (nSPS) is 10.1. The van der Waals surface area contributed by atoms with Gasteiger partial charge in [0.1, 0.15) is 0 Å². The minimum absolute atomic E-state index is 0.0717. The van der Waals surface area contributed by atoms with Crippen molar-refractivity contribution in [3.05, 3.63) is 40.7 Å². The van der Waals surface area contributed by atoms with E-state index >= 15 is 0 Å². The molecule has 2 rings (SSSR count). The highest BCUT2D eigenvalue weighted by Crippen LogP contribution is 2.12. The Bertz CT molecular complexity index is 524. The van der Waals surface area contributed by atoms with E-state index in [0.717, 1.165) is 0 Å². The van der Waals surface area contributed by atoms with Crippen LogP contribution in [0.1, 0.15) is 16.2 Å². The highest BCUT2D eigenvalue weighted by atomic mass is 35.5. The second-order valence-electron chi connectivity index (χ2n) is 3.11. The largest absolute Gasteiger partial charge is 0.328 e. The third-order valence-electron chi connectivity index (χ3n) is 1.83. The van der Waals surface area contributed by atoms with Crippen LogP contribution in [0, 0.1) is 6.92 Å². The molecule has 1 amide bonds. The molecule has 0 spiro atoms. The molecule has 1 N–H and O–H groups in total. The molecule has 1 aromatic carbocycles. The van der Waals surface area contributed by atoms with Crippen molar-refractivity contribution < 1.29 is 9.32 Å². The molecule has 2 aromatic rings. The first-order valence-electron chi connectivity index (χ1n) is 4.52. The fourth-order valence-electron chi connectivity index (χ4n) is 1.15. The number of nitrogens with one attached hydrogen (secondary N) is 1. The maximum atomic E-state index is 11.7. The van der Waals surface area contributed by atoms with E-state index in [9.17, 15) is 4.79 Å². The van der Waals surface area contributed by atoms with Crippen LogP contribution in [0.15, 0.2) is 28.8 Å². The smallest absolute Gasteiger partial charge is 0.315 e. The molecule has 0 aliphatic heterocycles. The molecule has 0 aliphatic rings. The van der Waals surface area contributed by atoms with E-state index in [1.165, 1.54) is 0 Å². The van der Waals surface area contributed by atoms with Gasteiger partial charge < -0.3 is 4.52 Å². The molecule has 0 saturated carbocycles. The number of aryl methyl sites for hydroxylation is 1. The summed E-state index contributed by atoms with van der Waals surface area (Å²) >= 11 is 5.76. The molecule has 1 aromatic heterocycles. The Labute approximate surface area is 96.4 Å². The summed E-state index contributed by atoms with van der Waals surface area (Å²) in [7, 11) is 0. The lowest BCUT2D eigenvalue weighted by molar-refractivity contribution is 0.102. The molecule has 0 unspecified atom stereocenters. The Morgan fingerprint density at radius 2 is 2.31 bits per heavy atom. The van der Waals surface area contributed by atoms with Crippen molar-refractivity contribution in [3.63, 3.8) is 0 Å². The van der Waals surface area contributed by atoms with Crippen molar-refractivity contribution in [2.75, 3.05) is 5.32 Å². The molecule has 6 heteroatoms. The molecule has 82 valence electrons. The van der Waals surface area contributed by atoms with Crippen molar-refractivity contribution >= 4 is 23.5 Å². The summed E-state index contributed by atoms with van der Waals surface area (Å²) in [6, 6.07) is 6.65.